The van der Waals surface area contributed by atoms with E-state index in [-0.39, 0.29) is 35.6 Å². The van der Waals surface area contributed by atoms with E-state index in [0.717, 1.165) is 66.1 Å². The number of ether oxygens (including phenoxy) is 2. The fourth-order valence-corrected chi connectivity index (χ4v) is 8.40. The molecule has 6 rings (SSSR count). The first kappa shape index (κ1) is 45.5. The van der Waals surface area contributed by atoms with Gasteiger partial charge in [-0.15, -0.1) is 0 Å². The minimum atomic E-state index is -0.634. The average Bonchev–Trinajstić information content (AvgIpc) is 3.80. The molecule has 0 aliphatic heterocycles. The molecule has 1 aliphatic carbocycles. The average molecular weight is 834 g/mol. The smallest absolute Gasteiger partial charge is 0.348 e. The molecule has 1 aromatic heterocycles. The number of aromatic nitrogens is 1. The first-order valence-electron chi connectivity index (χ1n) is 21.8. The fraction of sp³-hybridized carbons (Fsp3) is 0.250. The van der Waals surface area contributed by atoms with E-state index in [4.69, 9.17) is 16.0 Å². The van der Waals surface area contributed by atoms with E-state index in [1.54, 1.807) is 25.3 Å². The third-order valence-corrected chi connectivity index (χ3v) is 11.4. The van der Waals surface area contributed by atoms with Crippen molar-refractivity contribution >= 4 is 45.7 Å². The van der Waals surface area contributed by atoms with E-state index in [1.807, 2.05) is 66.8 Å². The minimum absolute atomic E-state index is 0.0384. The first-order chi connectivity index (χ1) is 30.9. The Morgan fingerprint density at radius 2 is 1.27 bits per heavy atom. The van der Waals surface area contributed by atoms with Crippen molar-refractivity contribution in [3.8, 4) is 17.2 Å². The molecule has 0 spiro atoms. The van der Waals surface area contributed by atoms with E-state index >= 15 is 0 Å². The van der Waals surface area contributed by atoms with Gasteiger partial charge in [0.1, 0.15) is 11.6 Å². The number of hydrogen-bond donors (Lipinski definition) is 0. The van der Waals surface area contributed by atoms with Gasteiger partial charge in [0.05, 0.1) is 19.2 Å². The van der Waals surface area contributed by atoms with Crippen molar-refractivity contribution in [2.24, 2.45) is 0 Å². The van der Waals surface area contributed by atoms with Crippen LogP contribution >= 0.6 is 0 Å². The number of allylic oxidation sites excluding steroid dienone is 10. The Labute approximate surface area is 372 Å². The van der Waals surface area contributed by atoms with E-state index in [1.165, 1.54) is 48.4 Å². The number of ketones is 1. The molecule has 4 aromatic carbocycles. The summed E-state index contributed by atoms with van der Waals surface area (Å²) < 4.78 is 13.1. The van der Waals surface area contributed by atoms with Gasteiger partial charge in [-0.25, -0.2) is 9.64 Å². The van der Waals surface area contributed by atoms with Crippen LogP contribution in [0.5, 0.6) is 0 Å². The Bertz CT molecular complexity index is 2660. The number of rotatable bonds is 22. The molecular formula is C56H55N3O4. The highest BCUT2D eigenvalue weighted by atomic mass is 16.5. The number of benzene rings is 4. The first-order valence-corrected chi connectivity index (χ1v) is 21.8. The minimum Gasteiger partial charge on any atom is -0.462 e. The Morgan fingerprint density at radius 1 is 0.746 bits per heavy atom. The molecule has 1 aliphatic rings. The fourth-order valence-electron chi connectivity index (χ4n) is 8.40. The molecule has 0 saturated heterocycles. The number of methoxy groups -OCH3 is 1. The molecule has 0 amide bonds. The lowest BCUT2D eigenvalue weighted by atomic mass is 9.88. The molecule has 318 valence electrons. The Balaban J connectivity index is 1.39. The maximum absolute atomic E-state index is 13.2. The van der Waals surface area contributed by atoms with Crippen LogP contribution in [0.1, 0.15) is 92.5 Å². The maximum atomic E-state index is 13.2. The largest absolute Gasteiger partial charge is 0.462 e. The summed E-state index contributed by atoms with van der Waals surface area (Å²) >= 11 is 0. The molecule has 7 heteroatoms. The summed E-state index contributed by atoms with van der Waals surface area (Å²) in [5.41, 5.74) is 8.16. The van der Waals surface area contributed by atoms with Crippen LogP contribution in [-0.2, 0) is 19.1 Å². The lowest BCUT2D eigenvalue weighted by Gasteiger charge is -2.26. The summed E-state index contributed by atoms with van der Waals surface area (Å²) in [7, 11) is 1.74. The molecule has 1 heterocycles. The van der Waals surface area contributed by atoms with Crippen molar-refractivity contribution in [1.29, 1.82) is 5.26 Å². The van der Waals surface area contributed by atoms with Crippen molar-refractivity contribution in [1.82, 2.24) is 4.57 Å². The lowest BCUT2D eigenvalue weighted by Crippen LogP contribution is -2.16. The summed E-state index contributed by atoms with van der Waals surface area (Å²) in [5.74, 6) is -0.975. The molecule has 63 heavy (non-hydrogen) atoms. The van der Waals surface area contributed by atoms with Gasteiger partial charge in [-0.1, -0.05) is 160 Å². The van der Waals surface area contributed by atoms with Crippen LogP contribution in [0, 0.1) is 17.9 Å². The van der Waals surface area contributed by atoms with E-state index < -0.39 is 5.97 Å². The van der Waals surface area contributed by atoms with Gasteiger partial charge in [0.25, 0.3) is 0 Å². The molecule has 1 unspecified atom stereocenters. The second kappa shape index (κ2) is 23.2. The molecule has 5 aromatic rings. The van der Waals surface area contributed by atoms with E-state index in [2.05, 4.69) is 88.8 Å². The van der Waals surface area contributed by atoms with Gasteiger partial charge >= 0.3 is 5.97 Å². The highest BCUT2D eigenvalue weighted by Crippen LogP contribution is 2.51. The van der Waals surface area contributed by atoms with Gasteiger partial charge in [0.15, 0.2) is 5.78 Å². The highest BCUT2D eigenvalue weighted by molar-refractivity contribution is 6.10. The Kier molecular flexibility index (Phi) is 16.8. The monoisotopic (exact) mass is 833 g/mol. The van der Waals surface area contributed by atoms with Gasteiger partial charge in [0, 0.05) is 41.4 Å². The highest BCUT2D eigenvalue weighted by Gasteiger charge is 2.35. The quantitative estimate of drug-likeness (QED) is 0.0173. The molecule has 1 atom stereocenters. The van der Waals surface area contributed by atoms with Crippen molar-refractivity contribution in [3.05, 3.63) is 191 Å². The summed E-state index contributed by atoms with van der Waals surface area (Å²) in [6.45, 7) is 13.8. The number of carbonyl (C=O) groups excluding carboxylic acids is 2. The normalized spacial score (nSPS) is 13.6. The van der Waals surface area contributed by atoms with E-state index in [9.17, 15) is 14.9 Å². The summed E-state index contributed by atoms with van der Waals surface area (Å²) in [4.78, 5) is 29.0. The number of Topliss-reactive ketones (excluding diaryl/α,β-unsaturated/α-hetero) is 1. The second-order valence-electron chi connectivity index (χ2n) is 15.7. The van der Waals surface area contributed by atoms with E-state index in [0.29, 0.717) is 5.56 Å². The predicted octanol–water partition coefficient (Wildman–Crippen LogP) is 13.6. The van der Waals surface area contributed by atoms with Crippen LogP contribution in [0.25, 0.3) is 49.9 Å². The molecule has 0 N–H and O–H groups in total. The molecule has 0 radical (unpaired) electrons. The van der Waals surface area contributed by atoms with Crippen LogP contribution in [-0.4, -0.2) is 36.6 Å². The van der Waals surface area contributed by atoms with Crippen LogP contribution in [0.2, 0.25) is 0 Å². The number of fused-ring (bicyclic) bond motifs is 6. The zero-order valence-electron chi connectivity index (χ0n) is 36.3. The third-order valence-electron chi connectivity index (χ3n) is 11.4. The zero-order valence-corrected chi connectivity index (χ0v) is 36.3. The van der Waals surface area contributed by atoms with Crippen LogP contribution in [0.4, 0.5) is 0 Å². The van der Waals surface area contributed by atoms with Gasteiger partial charge in [-0.05, 0) is 89.6 Å². The van der Waals surface area contributed by atoms with Gasteiger partial charge in [0.2, 0.25) is 5.70 Å². The molecular weight excluding hydrogens is 779 g/mol. The van der Waals surface area contributed by atoms with Gasteiger partial charge < -0.3 is 18.8 Å². The Hall–Kier alpha value is -7.06. The number of unbranched alkanes of at least 4 members (excludes halogenated alkanes) is 7. The zero-order chi connectivity index (χ0) is 44.4. The number of nitriles is 1. The SMILES string of the molecule is [C-]#[N+]/C(=C\c1ccc2c(c1)c1cc(/C=C(\C#N)C(=O)OCCCCCCCCCCOC)ccc1n2C(\C=C/C=C/C=C/C=C/C=C)C1c2ccccc2-c2ccccc21)C(C)=O. The lowest BCUT2D eigenvalue weighted by molar-refractivity contribution is -0.138. The second-order valence-corrected chi connectivity index (χ2v) is 15.7. The summed E-state index contributed by atoms with van der Waals surface area (Å²) in [5, 5.41) is 11.9. The topological polar surface area (TPSA) is 85.7 Å². The summed E-state index contributed by atoms with van der Waals surface area (Å²) in [6.07, 6.45) is 29.7. The van der Waals surface area contributed by atoms with Crippen molar-refractivity contribution in [3.63, 3.8) is 0 Å². The number of carbonyl (C=O) groups is 2. The third kappa shape index (κ3) is 11.5. The van der Waals surface area contributed by atoms with Crippen LogP contribution < -0.4 is 0 Å². The Morgan fingerprint density at radius 3 is 1.81 bits per heavy atom. The number of nitrogens with zero attached hydrogens (tertiary/aromatic N) is 3. The number of hydrogen-bond acceptors (Lipinski definition) is 5. The molecule has 7 nitrogen and oxygen atoms in total. The van der Waals surface area contributed by atoms with Crippen molar-refractivity contribution in [2.75, 3.05) is 20.3 Å². The predicted molar refractivity (Wildman–Crippen MR) is 258 cm³/mol. The van der Waals surface area contributed by atoms with Crippen molar-refractivity contribution < 1.29 is 19.1 Å². The van der Waals surface area contributed by atoms with Crippen LogP contribution in [0.15, 0.2) is 157 Å². The number of esters is 1. The molecule has 0 saturated carbocycles. The van der Waals surface area contributed by atoms with Crippen molar-refractivity contribution in [2.45, 2.75) is 70.3 Å². The summed E-state index contributed by atoms with van der Waals surface area (Å²) in [6, 6.07) is 31.0. The van der Waals surface area contributed by atoms with Crippen LogP contribution in [0.3, 0.4) is 0 Å². The molecule has 0 fully saturated rings. The maximum Gasteiger partial charge on any atom is 0.348 e. The van der Waals surface area contributed by atoms with Gasteiger partial charge in [-0.2, -0.15) is 5.26 Å². The van der Waals surface area contributed by atoms with Gasteiger partial charge in [-0.3, -0.25) is 0 Å². The standard InChI is InChI=1S/C56H55N3O4/c1-5-6-7-8-9-12-15-18-29-54(55-47-27-21-19-25-45(47)46-26-20-22-28-48(46)55)59-52-32-30-42(37-49(52)50-38-43(31-33-53(50)59)39-51(58-3)41(2)60)36-44(40-57)56(61)63-35-24-17-14-11-10-13-16-23-34-62-4/h5-9,12,15,18-22,25-33,36-39,54-55H,1,10-11,13-14,16-17,23-24,34-35H2,2,4H3/b7-6+,9-8+,15-12+,29-18-,44-36+,51-39-. The molecule has 0 bridgehead atoms.